The Bertz CT molecular complexity index is 487. The fraction of sp³-hybridized carbons (Fsp3) is 0.417. The zero-order valence-electron chi connectivity index (χ0n) is 9.34. The van der Waals surface area contributed by atoms with Crippen LogP contribution in [0.5, 0.6) is 0 Å². The van der Waals surface area contributed by atoms with Gasteiger partial charge in [0.15, 0.2) is 0 Å². The molecule has 96 valence electrons. The third kappa shape index (κ3) is 1.77. The second-order valence-corrected chi connectivity index (χ2v) is 4.73. The molecular formula is C12H11F3N2O. The molecule has 1 saturated carbocycles. The topological polar surface area (TPSA) is 41.1 Å². The molecule has 1 aromatic carbocycles. The third-order valence-electron chi connectivity index (χ3n) is 3.62. The third-order valence-corrected chi connectivity index (χ3v) is 3.62. The van der Waals surface area contributed by atoms with E-state index in [9.17, 15) is 18.0 Å². The Labute approximate surface area is 101 Å². The van der Waals surface area contributed by atoms with Gasteiger partial charge in [0.25, 0.3) is 5.91 Å². The minimum absolute atomic E-state index is 0.0254. The van der Waals surface area contributed by atoms with Gasteiger partial charge in [0, 0.05) is 31.3 Å². The summed E-state index contributed by atoms with van der Waals surface area (Å²) >= 11 is 0. The van der Waals surface area contributed by atoms with Crippen molar-refractivity contribution >= 4 is 5.91 Å². The number of amides is 1. The highest BCUT2D eigenvalue weighted by atomic mass is 19.1. The molecule has 2 aliphatic rings. The standard InChI is InChI=1S/C12H11F3N2O/c13-5-1-8(14)10(9(15)2-5)12(18)17-11-6-3-16-4-7(6)11/h1-2,6-7,11,16H,3-4H2,(H,17,18). The normalized spacial score (nSPS) is 28.9. The lowest BCUT2D eigenvalue weighted by Crippen LogP contribution is -2.33. The predicted molar refractivity (Wildman–Crippen MR) is 57.4 cm³/mol. The van der Waals surface area contributed by atoms with E-state index < -0.39 is 28.9 Å². The maximum atomic E-state index is 13.4. The number of carbonyl (C=O) groups excluding carboxylic acids is 1. The van der Waals surface area contributed by atoms with Gasteiger partial charge in [-0.1, -0.05) is 0 Å². The minimum Gasteiger partial charge on any atom is -0.348 e. The second-order valence-electron chi connectivity index (χ2n) is 4.73. The Hall–Kier alpha value is -1.56. The molecule has 1 aromatic rings. The van der Waals surface area contributed by atoms with Crippen LogP contribution < -0.4 is 10.6 Å². The summed E-state index contributed by atoms with van der Waals surface area (Å²) in [6.45, 7) is 1.62. The predicted octanol–water partition coefficient (Wildman–Crippen LogP) is 1.05. The number of rotatable bonds is 2. The van der Waals surface area contributed by atoms with Crippen LogP contribution in [-0.4, -0.2) is 25.0 Å². The minimum atomic E-state index is -1.17. The van der Waals surface area contributed by atoms with Gasteiger partial charge in [-0.05, 0) is 11.8 Å². The quantitative estimate of drug-likeness (QED) is 0.830. The van der Waals surface area contributed by atoms with Crippen molar-refractivity contribution in [3.8, 4) is 0 Å². The Morgan fingerprint density at radius 1 is 1.17 bits per heavy atom. The lowest BCUT2D eigenvalue weighted by atomic mass is 10.1. The highest BCUT2D eigenvalue weighted by Crippen LogP contribution is 2.41. The van der Waals surface area contributed by atoms with E-state index in [1.807, 2.05) is 0 Å². The van der Waals surface area contributed by atoms with Gasteiger partial charge in [-0.25, -0.2) is 13.2 Å². The molecular weight excluding hydrogens is 245 g/mol. The van der Waals surface area contributed by atoms with Crippen molar-refractivity contribution in [2.75, 3.05) is 13.1 Å². The highest BCUT2D eigenvalue weighted by Gasteiger charge is 2.53. The van der Waals surface area contributed by atoms with Gasteiger partial charge >= 0.3 is 0 Å². The maximum Gasteiger partial charge on any atom is 0.257 e. The smallest absolute Gasteiger partial charge is 0.257 e. The second kappa shape index (κ2) is 3.98. The summed E-state index contributed by atoms with van der Waals surface area (Å²) in [5.74, 6) is -3.50. The van der Waals surface area contributed by atoms with E-state index in [0.717, 1.165) is 13.1 Å². The van der Waals surface area contributed by atoms with E-state index in [0.29, 0.717) is 24.0 Å². The fourth-order valence-corrected chi connectivity index (χ4v) is 2.62. The van der Waals surface area contributed by atoms with Gasteiger partial charge in [-0.2, -0.15) is 0 Å². The van der Waals surface area contributed by atoms with Crippen LogP contribution >= 0.6 is 0 Å². The molecule has 0 spiro atoms. The number of piperidine rings is 1. The first-order valence-corrected chi connectivity index (χ1v) is 5.74. The van der Waals surface area contributed by atoms with E-state index in [1.165, 1.54) is 0 Å². The zero-order valence-corrected chi connectivity index (χ0v) is 9.34. The van der Waals surface area contributed by atoms with Gasteiger partial charge in [0.2, 0.25) is 0 Å². The number of carbonyl (C=O) groups is 1. The first-order chi connectivity index (χ1) is 8.58. The number of nitrogens with one attached hydrogen (secondary N) is 2. The zero-order chi connectivity index (χ0) is 12.9. The first kappa shape index (κ1) is 11.5. The molecule has 2 unspecified atom stereocenters. The first-order valence-electron chi connectivity index (χ1n) is 5.74. The van der Waals surface area contributed by atoms with Crippen LogP contribution in [0.15, 0.2) is 12.1 Å². The van der Waals surface area contributed by atoms with Crippen molar-refractivity contribution in [3.05, 3.63) is 35.1 Å². The number of benzene rings is 1. The summed E-state index contributed by atoms with van der Waals surface area (Å²) in [6, 6.07) is 0.989. The number of fused-ring (bicyclic) bond motifs is 1. The summed E-state index contributed by atoms with van der Waals surface area (Å²) < 4.78 is 39.5. The molecule has 0 aromatic heterocycles. The van der Waals surface area contributed by atoms with Crippen LogP contribution in [0.25, 0.3) is 0 Å². The van der Waals surface area contributed by atoms with E-state index in [-0.39, 0.29) is 6.04 Å². The summed E-state index contributed by atoms with van der Waals surface area (Å²) in [5, 5.41) is 5.74. The van der Waals surface area contributed by atoms with Crippen LogP contribution in [-0.2, 0) is 0 Å². The molecule has 2 fully saturated rings. The number of hydrogen-bond acceptors (Lipinski definition) is 2. The number of hydrogen-bond donors (Lipinski definition) is 2. The monoisotopic (exact) mass is 256 g/mol. The average molecular weight is 256 g/mol. The largest absolute Gasteiger partial charge is 0.348 e. The van der Waals surface area contributed by atoms with Gasteiger partial charge in [-0.15, -0.1) is 0 Å². The molecule has 6 heteroatoms. The van der Waals surface area contributed by atoms with Gasteiger partial charge in [-0.3, -0.25) is 4.79 Å². The molecule has 1 amide bonds. The lowest BCUT2D eigenvalue weighted by molar-refractivity contribution is 0.0938. The molecule has 1 aliphatic carbocycles. The van der Waals surface area contributed by atoms with Crippen molar-refractivity contribution in [1.29, 1.82) is 0 Å². The molecule has 18 heavy (non-hydrogen) atoms. The Kier molecular flexibility index (Phi) is 2.55. The molecule has 3 rings (SSSR count). The van der Waals surface area contributed by atoms with Crippen LogP contribution in [0.2, 0.25) is 0 Å². The molecule has 3 nitrogen and oxygen atoms in total. The summed E-state index contributed by atoms with van der Waals surface area (Å²) in [5.41, 5.74) is -0.714. The average Bonchev–Trinajstić information content (AvgIpc) is 2.72. The lowest BCUT2D eigenvalue weighted by Gasteiger charge is -2.09. The van der Waals surface area contributed by atoms with Gasteiger partial charge in [0.05, 0.1) is 0 Å². The molecule has 0 radical (unpaired) electrons. The van der Waals surface area contributed by atoms with Crippen molar-refractivity contribution in [2.24, 2.45) is 11.8 Å². The van der Waals surface area contributed by atoms with E-state index >= 15 is 0 Å². The molecule has 1 heterocycles. The Morgan fingerprint density at radius 2 is 1.72 bits per heavy atom. The number of halogens is 3. The van der Waals surface area contributed by atoms with Crippen LogP contribution in [0, 0.1) is 29.3 Å². The van der Waals surface area contributed by atoms with E-state index in [4.69, 9.17) is 0 Å². The Morgan fingerprint density at radius 3 is 2.28 bits per heavy atom. The summed E-state index contributed by atoms with van der Waals surface area (Å²) in [7, 11) is 0. The molecule has 1 saturated heterocycles. The molecule has 0 bridgehead atoms. The van der Waals surface area contributed by atoms with Crippen LogP contribution in [0.4, 0.5) is 13.2 Å². The molecule has 1 aliphatic heterocycles. The van der Waals surface area contributed by atoms with Crippen molar-refractivity contribution in [2.45, 2.75) is 6.04 Å². The van der Waals surface area contributed by atoms with Crippen LogP contribution in [0.3, 0.4) is 0 Å². The van der Waals surface area contributed by atoms with Gasteiger partial charge < -0.3 is 10.6 Å². The van der Waals surface area contributed by atoms with E-state index in [2.05, 4.69) is 10.6 Å². The van der Waals surface area contributed by atoms with Crippen molar-refractivity contribution < 1.29 is 18.0 Å². The SMILES string of the molecule is O=C(NC1C2CNCC21)c1c(F)cc(F)cc1F. The van der Waals surface area contributed by atoms with Crippen LogP contribution in [0.1, 0.15) is 10.4 Å². The van der Waals surface area contributed by atoms with Gasteiger partial charge in [0.1, 0.15) is 23.0 Å². The fourth-order valence-electron chi connectivity index (χ4n) is 2.62. The van der Waals surface area contributed by atoms with E-state index in [1.54, 1.807) is 0 Å². The highest BCUT2D eigenvalue weighted by molar-refractivity contribution is 5.95. The summed E-state index contributed by atoms with van der Waals surface area (Å²) in [6.07, 6.45) is 0. The Balaban J connectivity index is 1.77. The molecule has 2 N–H and O–H groups in total. The van der Waals surface area contributed by atoms with Crippen molar-refractivity contribution in [1.82, 2.24) is 10.6 Å². The molecule has 2 atom stereocenters. The summed E-state index contributed by atoms with van der Waals surface area (Å²) in [4.78, 5) is 11.7. The van der Waals surface area contributed by atoms with Crippen molar-refractivity contribution in [3.63, 3.8) is 0 Å². The maximum absolute atomic E-state index is 13.4.